The number of benzene rings is 2. The van der Waals surface area contributed by atoms with Gasteiger partial charge >= 0.3 is 12.1 Å². The molecule has 2 aromatic rings. The highest BCUT2D eigenvalue weighted by molar-refractivity contribution is 5.85. The van der Waals surface area contributed by atoms with Gasteiger partial charge in [-0.05, 0) is 42.5 Å². The summed E-state index contributed by atoms with van der Waals surface area (Å²) in [5, 5.41) is 8.27. The molecule has 0 spiro atoms. The number of hydrogen-bond donors (Lipinski definition) is 2. The maximum atomic E-state index is 12.5. The molecule has 0 aliphatic carbocycles. The van der Waals surface area contributed by atoms with Gasteiger partial charge in [0.15, 0.2) is 0 Å². The van der Waals surface area contributed by atoms with Gasteiger partial charge in [-0.3, -0.25) is 0 Å². The van der Waals surface area contributed by atoms with Crippen LogP contribution in [0, 0.1) is 0 Å². The Morgan fingerprint density at radius 2 is 2.00 bits per heavy atom. The average molecular weight is 369 g/mol. The van der Waals surface area contributed by atoms with Crippen LogP contribution in [0.3, 0.4) is 0 Å². The number of hydrogen-bond acceptors (Lipinski definition) is 3. The van der Waals surface area contributed by atoms with Gasteiger partial charge in [-0.1, -0.05) is 42.5 Å². The SMILES string of the molecule is CCOC(=O)N[C@H]1CCCN(C(=O)NCCc2cccc3ccccc23)C1. The summed E-state index contributed by atoms with van der Waals surface area (Å²) < 4.78 is 4.92. The fourth-order valence-corrected chi connectivity index (χ4v) is 3.55. The highest BCUT2D eigenvalue weighted by Crippen LogP contribution is 2.18. The van der Waals surface area contributed by atoms with Crippen molar-refractivity contribution < 1.29 is 14.3 Å². The quantitative estimate of drug-likeness (QED) is 0.849. The number of rotatable bonds is 5. The number of ether oxygens (including phenoxy) is 1. The summed E-state index contributed by atoms with van der Waals surface area (Å²) in [6.45, 7) is 3.92. The van der Waals surface area contributed by atoms with Gasteiger partial charge in [0.1, 0.15) is 0 Å². The fourth-order valence-electron chi connectivity index (χ4n) is 3.55. The predicted octanol–water partition coefficient (Wildman–Crippen LogP) is 3.30. The summed E-state index contributed by atoms with van der Waals surface area (Å²) >= 11 is 0. The minimum Gasteiger partial charge on any atom is -0.450 e. The number of urea groups is 1. The van der Waals surface area contributed by atoms with Crippen LogP contribution in [0.1, 0.15) is 25.3 Å². The number of carbonyl (C=O) groups excluding carboxylic acids is 2. The molecule has 6 heteroatoms. The Balaban J connectivity index is 1.49. The van der Waals surface area contributed by atoms with Crippen LogP contribution in [0.25, 0.3) is 10.8 Å². The van der Waals surface area contributed by atoms with E-state index in [1.807, 2.05) is 12.1 Å². The molecule has 2 N–H and O–H groups in total. The summed E-state index contributed by atoms with van der Waals surface area (Å²) in [7, 11) is 0. The van der Waals surface area contributed by atoms with Gasteiger partial charge in [-0.15, -0.1) is 0 Å². The average Bonchev–Trinajstić information content (AvgIpc) is 2.68. The van der Waals surface area contributed by atoms with Crippen LogP contribution >= 0.6 is 0 Å². The van der Waals surface area contributed by atoms with E-state index in [-0.39, 0.29) is 12.1 Å². The number of alkyl carbamates (subject to hydrolysis) is 1. The molecule has 0 saturated carbocycles. The molecule has 1 atom stereocenters. The summed E-state index contributed by atoms with van der Waals surface area (Å²) in [6.07, 6.45) is 2.10. The van der Waals surface area contributed by atoms with Crippen LogP contribution in [-0.2, 0) is 11.2 Å². The Hall–Kier alpha value is -2.76. The Morgan fingerprint density at radius 1 is 1.19 bits per heavy atom. The first-order valence-corrected chi connectivity index (χ1v) is 9.60. The van der Waals surface area contributed by atoms with Crippen molar-refractivity contribution in [2.45, 2.75) is 32.2 Å². The maximum absolute atomic E-state index is 12.5. The second-order valence-electron chi connectivity index (χ2n) is 6.77. The zero-order valence-electron chi connectivity index (χ0n) is 15.7. The van der Waals surface area contributed by atoms with Crippen molar-refractivity contribution in [1.29, 1.82) is 0 Å². The van der Waals surface area contributed by atoms with Crippen molar-refractivity contribution in [3.8, 4) is 0 Å². The standard InChI is InChI=1S/C21H27N3O3/c1-2-27-21(26)23-18-10-6-14-24(15-18)20(25)22-13-12-17-9-5-8-16-7-3-4-11-19(16)17/h3-5,7-9,11,18H,2,6,10,12-15H2,1H3,(H,22,25)(H,23,26)/t18-/m0/s1. The van der Waals surface area contributed by atoms with E-state index in [1.54, 1.807) is 11.8 Å². The van der Waals surface area contributed by atoms with E-state index in [0.717, 1.165) is 19.3 Å². The van der Waals surface area contributed by atoms with Crippen molar-refractivity contribution in [1.82, 2.24) is 15.5 Å². The molecular formula is C21H27N3O3. The van der Waals surface area contributed by atoms with Gasteiger partial charge in [-0.2, -0.15) is 0 Å². The van der Waals surface area contributed by atoms with E-state index >= 15 is 0 Å². The second-order valence-corrected chi connectivity index (χ2v) is 6.77. The highest BCUT2D eigenvalue weighted by Gasteiger charge is 2.24. The summed E-state index contributed by atoms with van der Waals surface area (Å²) in [5.41, 5.74) is 1.23. The lowest BCUT2D eigenvalue weighted by Crippen LogP contribution is -2.52. The largest absolute Gasteiger partial charge is 0.450 e. The molecule has 1 fully saturated rings. The molecule has 1 aliphatic rings. The molecule has 3 amide bonds. The Kier molecular flexibility index (Phi) is 6.52. The molecular weight excluding hydrogens is 342 g/mol. The first-order chi connectivity index (χ1) is 13.2. The third kappa shape index (κ3) is 5.12. The van der Waals surface area contributed by atoms with Crippen molar-refractivity contribution in [2.24, 2.45) is 0 Å². The lowest BCUT2D eigenvalue weighted by atomic mass is 10.0. The molecule has 0 radical (unpaired) electrons. The van der Waals surface area contributed by atoms with Crippen molar-refractivity contribution in [3.63, 3.8) is 0 Å². The van der Waals surface area contributed by atoms with Crippen LogP contribution in [0.2, 0.25) is 0 Å². The molecule has 1 heterocycles. The molecule has 0 unspecified atom stereocenters. The fraction of sp³-hybridized carbons (Fsp3) is 0.429. The van der Waals surface area contributed by atoms with Crippen LogP contribution < -0.4 is 10.6 Å². The monoisotopic (exact) mass is 369 g/mol. The topological polar surface area (TPSA) is 70.7 Å². The molecule has 6 nitrogen and oxygen atoms in total. The van der Waals surface area contributed by atoms with Crippen molar-refractivity contribution in [3.05, 3.63) is 48.0 Å². The predicted molar refractivity (Wildman–Crippen MR) is 106 cm³/mol. The minimum atomic E-state index is -0.416. The van der Waals surface area contributed by atoms with Gasteiger partial charge in [0, 0.05) is 25.7 Å². The summed E-state index contributed by atoms with van der Waals surface area (Å²) in [6, 6.07) is 14.4. The third-order valence-corrected chi connectivity index (χ3v) is 4.86. The Morgan fingerprint density at radius 3 is 2.85 bits per heavy atom. The van der Waals surface area contributed by atoms with Crippen molar-refractivity contribution >= 4 is 22.9 Å². The molecule has 3 rings (SSSR count). The molecule has 144 valence electrons. The third-order valence-electron chi connectivity index (χ3n) is 4.86. The van der Waals surface area contributed by atoms with Gasteiger partial charge in [-0.25, -0.2) is 9.59 Å². The second kappa shape index (κ2) is 9.26. The van der Waals surface area contributed by atoms with Gasteiger partial charge < -0.3 is 20.3 Å². The van der Waals surface area contributed by atoms with E-state index in [4.69, 9.17) is 4.74 Å². The smallest absolute Gasteiger partial charge is 0.407 e. The van der Waals surface area contributed by atoms with E-state index in [0.29, 0.717) is 26.2 Å². The maximum Gasteiger partial charge on any atom is 0.407 e. The molecule has 0 bridgehead atoms. The Bertz CT molecular complexity index is 788. The van der Waals surface area contributed by atoms with Gasteiger partial charge in [0.25, 0.3) is 0 Å². The van der Waals surface area contributed by atoms with E-state index < -0.39 is 6.09 Å². The zero-order chi connectivity index (χ0) is 19.1. The summed E-state index contributed by atoms with van der Waals surface area (Å²) in [4.78, 5) is 25.8. The molecule has 1 aliphatic heterocycles. The van der Waals surface area contributed by atoms with E-state index in [2.05, 4.69) is 41.0 Å². The number of carbonyl (C=O) groups is 2. The number of nitrogens with zero attached hydrogens (tertiary/aromatic N) is 1. The van der Waals surface area contributed by atoms with Crippen molar-refractivity contribution in [2.75, 3.05) is 26.2 Å². The molecule has 0 aromatic heterocycles. The first kappa shape index (κ1) is 19.0. The Labute approximate surface area is 159 Å². The highest BCUT2D eigenvalue weighted by atomic mass is 16.5. The van der Waals surface area contributed by atoms with Crippen LogP contribution in [0.5, 0.6) is 0 Å². The number of piperidine rings is 1. The van der Waals surface area contributed by atoms with Gasteiger partial charge in [0.2, 0.25) is 0 Å². The lowest BCUT2D eigenvalue weighted by Gasteiger charge is -2.32. The molecule has 2 aromatic carbocycles. The normalized spacial score (nSPS) is 16.8. The summed E-state index contributed by atoms with van der Waals surface area (Å²) in [5.74, 6) is 0. The van der Waals surface area contributed by atoms with E-state index in [9.17, 15) is 9.59 Å². The zero-order valence-corrected chi connectivity index (χ0v) is 15.7. The number of amides is 3. The molecule has 27 heavy (non-hydrogen) atoms. The van der Waals surface area contributed by atoms with E-state index in [1.165, 1.54) is 16.3 Å². The number of likely N-dealkylation sites (tertiary alicyclic amines) is 1. The van der Waals surface area contributed by atoms with Crippen LogP contribution in [0.4, 0.5) is 9.59 Å². The van der Waals surface area contributed by atoms with Crippen LogP contribution in [-0.4, -0.2) is 49.3 Å². The number of fused-ring (bicyclic) bond motifs is 1. The number of nitrogens with one attached hydrogen (secondary N) is 2. The minimum absolute atomic E-state index is 0.0541. The lowest BCUT2D eigenvalue weighted by molar-refractivity contribution is 0.135. The first-order valence-electron chi connectivity index (χ1n) is 9.60. The van der Waals surface area contributed by atoms with Crippen LogP contribution in [0.15, 0.2) is 42.5 Å². The van der Waals surface area contributed by atoms with Gasteiger partial charge in [0.05, 0.1) is 6.61 Å². The molecule has 1 saturated heterocycles.